The van der Waals surface area contributed by atoms with Crippen LogP contribution in [0.5, 0.6) is 0 Å². The predicted octanol–water partition coefficient (Wildman–Crippen LogP) is 3.82. The van der Waals surface area contributed by atoms with Crippen molar-refractivity contribution in [2.24, 2.45) is 10.4 Å². The van der Waals surface area contributed by atoms with Crippen molar-refractivity contribution < 1.29 is 0 Å². The second-order valence-corrected chi connectivity index (χ2v) is 8.33. The van der Waals surface area contributed by atoms with E-state index in [1.165, 1.54) is 18.4 Å². The first kappa shape index (κ1) is 22.9. The number of guanidine groups is 1. The molecule has 0 radical (unpaired) electrons. The fourth-order valence-electron chi connectivity index (χ4n) is 3.47. The number of benzene rings is 1. The van der Waals surface area contributed by atoms with E-state index in [9.17, 15) is 0 Å². The van der Waals surface area contributed by atoms with Crippen molar-refractivity contribution in [3.63, 3.8) is 0 Å². The van der Waals surface area contributed by atoms with Crippen molar-refractivity contribution in [1.82, 2.24) is 25.4 Å². The Hall–Kier alpha value is -1.35. The summed E-state index contributed by atoms with van der Waals surface area (Å²) in [4.78, 5) is 4.34. The van der Waals surface area contributed by atoms with Crippen molar-refractivity contribution >= 4 is 41.5 Å². The van der Waals surface area contributed by atoms with Crippen LogP contribution in [0.15, 0.2) is 29.3 Å². The van der Waals surface area contributed by atoms with E-state index in [2.05, 4.69) is 50.3 Å². The maximum absolute atomic E-state index is 6.11. The molecule has 0 amide bonds. The van der Waals surface area contributed by atoms with E-state index in [1.54, 1.807) is 7.05 Å². The molecular weight excluding hydrogens is 487 g/mol. The number of nitrogens with zero attached hydrogens (tertiary/aromatic N) is 4. The van der Waals surface area contributed by atoms with Gasteiger partial charge in [-0.3, -0.25) is 4.99 Å². The minimum absolute atomic E-state index is 0. The molecule has 8 heteroatoms. The van der Waals surface area contributed by atoms with Gasteiger partial charge in [0.1, 0.15) is 5.82 Å². The van der Waals surface area contributed by atoms with Crippen molar-refractivity contribution in [2.75, 3.05) is 13.6 Å². The highest BCUT2D eigenvalue weighted by atomic mass is 127. The Morgan fingerprint density at radius 1 is 1.25 bits per heavy atom. The topological polar surface area (TPSA) is 67.1 Å². The highest BCUT2D eigenvalue weighted by Gasteiger charge is 2.20. The summed E-state index contributed by atoms with van der Waals surface area (Å²) in [5.74, 6) is 2.86. The van der Waals surface area contributed by atoms with Crippen LogP contribution in [0.4, 0.5) is 0 Å². The van der Waals surface area contributed by atoms with Crippen LogP contribution in [0, 0.1) is 5.41 Å². The SMILES string of the molecule is CN=C(NCc1nnc2n1CCCC2)NCC(C)(C)Cc1cccc(Cl)c1.I. The number of hydrogen-bond acceptors (Lipinski definition) is 3. The monoisotopic (exact) mass is 516 g/mol. The zero-order chi connectivity index (χ0) is 19.3. The van der Waals surface area contributed by atoms with Gasteiger partial charge in [-0.2, -0.15) is 0 Å². The molecule has 1 aliphatic rings. The number of aliphatic imine (C=N–C) groups is 1. The Morgan fingerprint density at radius 3 is 2.82 bits per heavy atom. The third-order valence-corrected chi connectivity index (χ3v) is 5.11. The van der Waals surface area contributed by atoms with E-state index in [1.807, 2.05) is 18.2 Å². The van der Waals surface area contributed by atoms with E-state index >= 15 is 0 Å². The van der Waals surface area contributed by atoms with Crippen molar-refractivity contribution in [3.8, 4) is 0 Å². The maximum atomic E-state index is 6.11. The van der Waals surface area contributed by atoms with Crippen molar-refractivity contribution in [3.05, 3.63) is 46.5 Å². The molecule has 0 unspecified atom stereocenters. The summed E-state index contributed by atoms with van der Waals surface area (Å²) in [6, 6.07) is 8.06. The number of nitrogens with one attached hydrogen (secondary N) is 2. The minimum Gasteiger partial charge on any atom is -0.356 e. The van der Waals surface area contributed by atoms with Gasteiger partial charge < -0.3 is 15.2 Å². The summed E-state index contributed by atoms with van der Waals surface area (Å²) >= 11 is 6.11. The first-order valence-electron chi connectivity index (χ1n) is 9.57. The highest BCUT2D eigenvalue weighted by Crippen LogP contribution is 2.22. The zero-order valence-corrected chi connectivity index (χ0v) is 19.9. The van der Waals surface area contributed by atoms with Gasteiger partial charge in [-0.05, 0) is 42.4 Å². The molecule has 2 N–H and O–H groups in total. The van der Waals surface area contributed by atoms with E-state index in [0.717, 1.165) is 48.6 Å². The van der Waals surface area contributed by atoms with Crippen LogP contribution in [0.3, 0.4) is 0 Å². The first-order valence-corrected chi connectivity index (χ1v) is 9.94. The zero-order valence-electron chi connectivity index (χ0n) is 16.8. The summed E-state index contributed by atoms with van der Waals surface area (Å²) in [6.45, 7) is 6.92. The van der Waals surface area contributed by atoms with Crippen LogP contribution in [0.2, 0.25) is 5.02 Å². The summed E-state index contributed by atoms with van der Waals surface area (Å²) < 4.78 is 2.23. The molecule has 28 heavy (non-hydrogen) atoms. The molecule has 0 fully saturated rings. The standard InChI is InChI=1S/C20H29ClN6.HI/c1-20(2,12-15-7-6-8-16(21)11-15)14-24-19(22-3)23-13-18-26-25-17-9-4-5-10-27(17)18;/h6-8,11H,4-5,9-10,12-14H2,1-3H3,(H2,22,23,24);1H. The van der Waals surface area contributed by atoms with Crippen LogP contribution in [0.1, 0.15) is 43.9 Å². The van der Waals surface area contributed by atoms with E-state index in [4.69, 9.17) is 11.6 Å². The Bertz CT molecular complexity index is 802. The molecule has 3 rings (SSSR count). The van der Waals surface area contributed by atoms with E-state index in [0.29, 0.717) is 6.54 Å². The predicted molar refractivity (Wildman–Crippen MR) is 126 cm³/mol. The van der Waals surface area contributed by atoms with Gasteiger partial charge in [-0.25, -0.2) is 0 Å². The molecular formula is C20H30ClIN6. The van der Waals surface area contributed by atoms with Gasteiger partial charge >= 0.3 is 0 Å². The molecule has 0 aliphatic carbocycles. The molecule has 0 saturated carbocycles. The summed E-state index contributed by atoms with van der Waals surface area (Å²) in [5, 5.41) is 16.2. The lowest BCUT2D eigenvalue weighted by Crippen LogP contribution is -2.42. The molecule has 1 aromatic heterocycles. The Balaban J connectivity index is 0.00000280. The van der Waals surface area contributed by atoms with E-state index in [-0.39, 0.29) is 29.4 Å². The van der Waals surface area contributed by atoms with Gasteiger partial charge in [0.2, 0.25) is 0 Å². The molecule has 2 aromatic rings. The van der Waals surface area contributed by atoms with Crippen LogP contribution >= 0.6 is 35.6 Å². The average molecular weight is 517 g/mol. The van der Waals surface area contributed by atoms with Gasteiger partial charge in [-0.15, -0.1) is 34.2 Å². The van der Waals surface area contributed by atoms with Crippen LogP contribution < -0.4 is 10.6 Å². The number of aromatic nitrogens is 3. The second-order valence-electron chi connectivity index (χ2n) is 7.89. The molecule has 154 valence electrons. The van der Waals surface area contributed by atoms with E-state index < -0.39 is 0 Å². The van der Waals surface area contributed by atoms with Crippen LogP contribution in [-0.4, -0.2) is 34.3 Å². The Kier molecular flexibility index (Phi) is 8.55. The largest absolute Gasteiger partial charge is 0.356 e. The number of rotatable bonds is 6. The van der Waals surface area contributed by atoms with Crippen LogP contribution in [-0.2, 0) is 25.9 Å². The molecule has 0 spiro atoms. The molecule has 0 saturated heterocycles. The van der Waals surface area contributed by atoms with Gasteiger partial charge in [0.05, 0.1) is 6.54 Å². The summed E-state index contributed by atoms with van der Waals surface area (Å²) in [7, 11) is 1.79. The smallest absolute Gasteiger partial charge is 0.191 e. The van der Waals surface area contributed by atoms with Crippen molar-refractivity contribution in [2.45, 2.75) is 52.6 Å². The van der Waals surface area contributed by atoms with Gasteiger partial charge in [0.25, 0.3) is 0 Å². The lowest BCUT2D eigenvalue weighted by molar-refractivity contribution is 0.359. The molecule has 1 aromatic carbocycles. The molecule has 2 heterocycles. The average Bonchev–Trinajstić information content (AvgIpc) is 3.05. The molecule has 1 aliphatic heterocycles. The highest BCUT2D eigenvalue weighted by molar-refractivity contribution is 14.0. The summed E-state index contributed by atoms with van der Waals surface area (Å²) in [6.07, 6.45) is 4.37. The fourth-order valence-corrected chi connectivity index (χ4v) is 3.68. The molecule has 6 nitrogen and oxygen atoms in total. The first-order chi connectivity index (χ1) is 13.0. The normalized spacial score (nSPS) is 14.2. The molecule has 0 bridgehead atoms. The summed E-state index contributed by atoms with van der Waals surface area (Å²) in [5.41, 5.74) is 1.31. The lowest BCUT2D eigenvalue weighted by Gasteiger charge is -2.26. The second kappa shape index (κ2) is 10.4. The Morgan fingerprint density at radius 2 is 2.07 bits per heavy atom. The molecule has 0 atom stereocenters. The van der Waals surface area contributed by atoms with Gasteiger partial charge in [0, 0.05) is 31.6 Å². The minimum atomic E-state index is 0. The maximum Gasteiger partial charge on any atom is 0.191 e. The van der Waals surface area contributed by atoms with Crippen molar-refractivity contribution in [1.29, 1.82) is 0 Å². The third kappa shape index (κ3) is 6.34. The number of halogens is 2. The number of fused-ring (bicyclic) bond motifs is 1. The number of hydrogen-bond donors (Lipinski definition) is 2. The lowest BCUT2D eigenvalue weighted by atomic mass is 9.86. The number of aryl methyl sites for hydroxylation is 1. The fraction of sp³-hybridized carbons (Fsp3) is 0.550. The van der Waals surface area contributed by atoms with Gasteiger partial charge in [-0.1, -0.05) is 37.6 Å². The van der Waals surface area contributed by atoms with Gasteiger partial charge in [0.15, 0.2) is 11.8 Å². The van der Waals surface area contributed by atoms with Crippen LogP contribution in [0.25, 0.3) is 0 Å². The Labute approximate surface area is 189 Å². The quantitative estimate of drug-likeness (QED) is 0.348. The third-order valence-electron chi connectivity index (χ3n) is 4.88.